The predicted octanol–water partition coefficient (Wildman–Crippen LogP) is 1.65. The van der Waals surface area contributed by atoms with Crippen LogP contribution in [-0.2, 0) is 4.79 Å². The summed E-state index contributed by atoms with van der Waals surface area (Å²) in [5.74, 6) is 0.982. The molecule has 1 aliphatic rings. The van der Waals surface area contributed by atoms with Gasteiger partial charge in [-0.25, -0.2) is 4.98 Å². The summed E-state index contributed by atoms with van der Waals surface area (Å²) in [6, 6.07) is 3.79. The fourth-order valence-electron chi connectivity index (χ4n) is 1.84. The minimum absolute atomic E-state index is 0.151. The number of alkyl halides is 1. The first-order valence-electron chi connectivity index (χ1n) is 5.16. The van der Waals surface area contributed by atoms with Crippen molar-refractivity contribution in [2.45, 2.75) is 11.2 Å². The van der Waals surface area contributed by atoms with E-state index in [-0.39, 0.29) is 10.7 Å². The van der Waals surface area contributed by atoms with E-state index in [1.165, 1.54) is 0 Å². The molecule has 1 fully saturated rings. The number of rotatable bonds is 2. The number of nitrogens with zero attached hydrogens (tertiary/aromatic N) is 3. The number of hydrogen-bond donors (Lipinski definition) is 0. The van der Waals surface area contributed by atoms with Gasteiger partial charge >= 0.3 is 0 Å². The number of hydrogen-bond acceptors (Lipinski definition) is 3. The summed E-state index contributed by atoms with van der Waals surface area (Å²) in [4.78, 5) is 20.1. The zero-order chi connectivity index (χ0) is 11.7. The monoisotopic (exact) mass is 283 g/mol. The number of carbonyl (C=O) groups is 1. The maximum absolute atomic E-state index is 11.8. The highest BCUT2D eigenvalue weighted by Crippen LogP contribution is 2.30. The Kier molecular flexibility index (Phi) is 3.14. The SMILES string of the molecule is CN(C)c1ncccc1N1CC(Br)CC1=O. The van der Waals surface area contributed by atoms with Crippen LogP contribution in [0.15, 0.2) is 18.3 Å². The smallest absolute Gasteiger partial charge is 0.228 e. The van der Waals surface area contributed by atoms with Crippen molar-refractivity contribution in [3.05, 3.63) is 18.3 Å². The van der Waals surface area contributed by atoms with Gasteiger partial charge in [-0.1, -0.05) is 15.9 Å². The molecule has 1 amide bonds. The summed E-state index contributed by atoms with van der Waals surface area (Å²) in [5, 5.41) is 0. The summed E-state index contributed by atoms with van der Waals surface area (Å²) in [6.07, 6.45) is 2.30. The lowest BCUT2D eigenvalue weighted by Crippen LogP contribution is -2.27. The topological polar surface area (TPSA) is 36.4 Å². The molecular weight excluding hydrogens is 270 g/mol. The zero-order valence-electron chi connectivity index (χ0n) is 9.35. The molecule has 5 heteroatoms. The molecule has 86 valence electrons. The van der Waals surface area contributed by atoms with Gasteiger partial charge in [0.25, 0.3) is 0 Å². The molecular formula is C11H14BrN3O. The second-order valence-corrected chi connectivity index (χ2v) is 5.34. The Balaban J connectivity index is 2.36. The molecule has 1 aliphatic heterocycles. The van der Waals surface area contributed by atoms with Crippen LogP contribution in [0.3, 0.4) is 0 Å². The minimum Gasteiger partial charge on any atom is -0.361 e. The number of anilines is 2. The normalized spacial score (nSPS) is 20.3. The molecule has 1 aromatic heterocycles. The van der Waals surface area contributed by atoms with Gasteiger partial charge < -0.3 is 9.80 Å². The minimum atomic E-state index is 0.151. The van der Waals surface area contributed by atoms with Crippen molar-refractivity contribution >= 4 is 33.3 Å². The van der Waals surface area contributed by atoms with Crippen LogP contribution in [-0.4, -0.2) is 36.4 Å². The molecule has 0 aromatic carbocycles. The van der Waals surface area contributed by atoms with Crippen LogP contribution in [0.4, 0.5) is 11.5 Å². The van der Waals surface area contributed by atoms with Crippen molar-refractivity contribution in [2.75, 3.05) is 30.4 Å². The van der Waals surface area contributed by atoms with E-state index in [0.29, 0.717) is 13.0 Å². The summed E-state index contributed by atoms with van der Waals surface area (Å²) >= 11 is 3.48. The molecule has 0 N–H and O–H groups in total. The number of carbonyl (C=O) groups excluding carboxylic acids is 1. The summed E-state index contributed by atoms with van der Waals surface area (Å²) in [7, 11) is 3.86. The molecule has 0 spiro atoms. The lowest BCUT2D eigenvalue weighted by molar-refractivity contribution is -0.117. The van der Waals surface area contributed by atoms with Crippen molar-refractivity contribution in [3.8, 4) is 0 Å². The fraction of sp³-hybridized carbons (Fsp3) is 0.455. The number of amides is 1. The number of halogens is 1. The van der Waals surface area contributed by atoms with Gasteiger partial charge in [0.2, 0.25) is 5.91 Å². The zero-order valence-corrected chi connectivity index (χ0v) is 10.9. The van der Waals surface area contributed by atoms with Gasteiger partial charge in [-0.2, -0.15) is 0 Å². The van der Waals surface area contributed by atoms with Gasteiger partial charge in [-0.15, -0.1) is 0 Å². The Bertz CT molecular complexity index is 408. The van der Waals surface area contributed by atoms with E-state index in [9.17, 15) is 4.79 Å². The maximum Gasteiger partial charge on any atom is 0.228 e. The third-order valence-electron chi connectivity index (χ3n) is 2.56. The molecule has 1 saturated heterocycles. The van der Waals surface area contributed by atoms with E-state index >= 15 is 0 Å². The molecule has 1 atom stereocenters. The van der Waals surface area contributed by atoms with E-state index in [2.05, 4.69) is 20.9 Å². The number of aromatic nitrogens is 1. The summed E-state index contributed by atoms with van der Waals surface area (Å²) in [5.41, 5.74) is 0.888. The highest BCUT2D eigenvalue weighted by Gasteiger charge is 2.30. The van der Waals surface area contributed by atoms with Gasteiger partial charge in [-0.3, -0.25) is 4.79 Å². The molecule has 1 aromatic rings. The molecule has 0 saturated carbocycles. The molecule has 1 unspecified atom stereocenters. The quantitative estimate of drug-likeness (QED) is 0.775. The fourth-order valence-corrected chi connectivity index (χ4v) is 2.41. The average molecular weight is 284 g/mol. The summed E-state index contributed by atoms with van der Waals surface area (Å²) in [6.45, 7) is 0.714. The third-order valence-corrected chi connectivity index (χ3v) is 3.17. The molecule has 0 bridgehead atoms. The standard InChI is InChI=1S/C11H14BrN3O/c1-14(2)11-9(4-3-5-13-11)15-7-8(12)6-10(15)16/h3-5,8H,6-7H2,1-2H3. The molecule has 2 heterocycles. The Morgan fingerprint density at radius 2 is 2.31 bits per heavy atom. The van der Waals surface area contributed by atoms with Crippen molar-refractivity contribution in [3.63, 3.8) is 0 Å². The van der Waals surface area contributed by atoms with Crippen molar-refractivity contribution in [2.24, 2.45) is 0 Å². The van der Waals surface area contributed by atoms with Gasteiger partial charge in [0.1, 0.15) is 0 Å². The maximum atomic E-state index is 11.8. The van der Waals surface area contributed by atoms with Gasteiger partial charge in [0.05, 0.1) is 5.69 Å². The second kappa shape index (κ2) is 4.41. The first-order valence-corrected chi connectivity index (χ1v) is 6.08. The average Bonchev–Trinajstić information content (AvgIpc) is 2.57. The Morgan fingerprint density at radius 1 is 1.56 bits per heavy atom. The van der Waals surface area contributed by atoms with E-state index in [1.54, 1.807) is 11.1 Å². The number of pyridine rings is 1. The van der Waals surface area contributed by atoms with Gasteiger partial charge in [0.15, 0.2) is 5.82 Å². The van der Waals surface area contributed by atoms with Crippen molar-refractivity contribution in [1.29, 1.82) is 0 Å². The van der Waals surface area contributed by atoms with Crippen LogP contribution < -0.4 is 9.80 Å². The van der Waals surface area contributed by atoms with Gasteiger partial charge in [0, 0.05) is 38.1 Å². The highest BCUT2D eigenvalue weighted by molar-refractivity contribution is 9.09. The Morgan fingerprint density at radius 3 is 2.88 bits per heavy atom. The molecule has 2 rings (SSSR count). The third kappa shape index (κ3) is 2.04. The van der Waals surface area contributed by atoms with Crippen LogP contribution in [0, 0.1) is 0 Å². The van der Waals surface area contributed by atoms with Crippen molar-refractivity contribution in [1.82, 2.24) is 4.98 Å². The van der Waals surface area contributed by atoms with E-state index in [4.69, 9.17) is 0 Å². The first kappa shape index (κ1) is 11.4. The van der Waals surface area contributed by atoms with Crippen LogP contribution in [0.1, 0.15) is 6.42 Å². The van der Waals surface area contributed by atoms with Crippen molar-refractivity contribution < 1.29 is 4.79 Å². The van der Waals surface area contributed by atoms with E-state index in [1.807, 2.05) is 31.1 Å². The van der Waals surface area contributed by atoms with Crippen LogP contribution in [0.5, 0.6) is 0 Å². The summed E-state index contributed by atoms with van der Waals surface area (Å²) < 4.78 is 0. The Labute approximate surface area is 103 Å². The molecule has 16 heavy (non-hydrogen) atoms. The Hall–Kier alpha value is -1.10. The first-order chi connectivity index (χ1) is 7.59. The molecule has 0 aliphatic carbocycles. The lowest BCUT2D eigenvalue weighted by atomic mass is 10.3. The largest absolute Gasteiger partial charge is 0.361 e. The molecule has 0 radical (unpaired) electrons. The van der Waals surface area contributed by atoms with Gasteiger partial charge in [-0.05, 0) is 12.1 Å². The lowest BCUT2D eigenvalue weighted by Gasteiger charge is -2.22. The van der Waals surface area contributed by atoms with E-state index in [0.717, 1.165) is 11.5 Å². The van der Waals surface area contributed by atoms with Crippen LogP contribution in [0.2, 0.25) is 0 Å². The predicted molar refractivity (Wildman–Crippen MR) is 68.2 cm³/mol. The van der Waals surface area contributed by atoms with E-state index < -0.39 is 0 Å². The highest BCUT2D eigenvalue weighted by atomic mass is 79.9. The van der Waals surface area contributed by atoms with Crippen LogP contribution >= 0.6 is 15.9 Å². The second-order valence-electron chi connectivity index (χ2n) is 4.05. The molecule has 4 nitrogen and oxygen atoms in total. The van der Waals surface area contributed by atoms with Crippen LogP contribution in [0.25, 0.3) is 0 Å².